The molecule has 0 rings (SSSR count). The minimum Gasteiger partial charge on any atom is -0.466 e. The van der Waals surface area contributed by atoms with Crippen molar-refractivity contribution >= 4 is 11.9 Å². The van der Waals surface area contributed by atoms with Crippen LogP contribution in [-0.2, 0) is 14.3 Å². The summed E-state index contributed by atoms with van der Waals surface area (Å²) >= 11 is 0. The number of allylic oxidation sites excluding steroid dienone is 2. The number of esters is 1. The van der Waals surface area contributed by atoms with Gasteiger partial charge in [-0.2, -0.15) is 0 Å². The van der Waals surface area contributed by atoms with Gasteiger partial charge in [0.2, 0.25) is 5.91 Å². The van der Waals surface area contributed by atoms with Gasteiger partial charge >= 0.3 is 5.97 Å². The van der Waals surface area contributed by atoms with Crippen LogP contribution in [0.4, 0.5) is 0 Å². The van der Waals surface area contributed by atoms with Gasteiger partial charge in [-0.3, -0.25) is 9.59 Å². The molecule has 1 amide bonds. The van der Waals surface area contributed by atoms with E-state index in [0.29, 0.717) is 25.9 Å². The van der Waals surface area contributed by atoms with Gasteiger partial charge in [0.25, 0.3) is 0 Å². The highest BCUT2D eigenvalue weighted by Gasteiger charge is 2.20. The molecule has 62 heavy (non-hydrogen) atoms. The molecule has 2 unspecified atom stereocenters. The Balaban J connectivity index is 3.47. The highest BCUT2D eigenvalue weighted by atomic mass is 16.5. The van der Waals surface area contributed by atoms with Crippen LogP contribution in [0.25, 0.3) is 0 Å². The van der Waals surface area contributed by atoms with Crippen LogP contribution in [0, 0.1) is 0 Å². The van der Waals surface area contributed by atoms with Crippen LogP contribution in [-0.4, -0.2) is 47.4 Å². The van der Waals surface area contributed by atoms with E-state index in [-0.39, 0.29) is 18.5 Å². The molecule has 0 heterocycles. The van der Waals surface area contributed by atoms with E-state index >= 15 is 0 Å². The zero-order chi connectivity index (χ0) is 45.1. The molecule has 0 aliphatic carbocycles. The average Bonchev–Trinajstić information content (AvgIpc) is 3.27. The number of aliphatic hydroxyl groups is 2. The molecular weight excluding hydrogens is 767 g/mol. The zero-order valence-electron chi connectivity index (χ0n) is 41.9. The molecule has 0 aromatic heterocycles. The van der Waals surface area contributed by atoms with Crippen LogP contribution in [0.15, 0.2) is 12.2 Å². The maximum Gasteiger partial charge on any atom is 0.305 e. The average molecular weight is 876 g/mol. The van der Waals surface area contributed by atoms with Crippen molar-refractivity contribution in [3.63, 3.8) is 0 Å². The summed E-state index contributed by atoms with van der Waals surface area (Å²) in [6, 6.07) is -0.562. The van der Waals surface area contributed by atoms with Crippen molar-refractivity contribution in [2.45, 2.75) is 321 Å². The summed E-state index contributed by atoms with van der Waals surface area (Å²) in [6.45, 7) is 4.90. The first-order valence-corrected chi connectivity index (χ1v) is 27.9. The van der Waals surface area contributed by atoms with Crippen molar-refractivity contribution in [3.05, 3.63) is 12.2 Å². The molecule has 0 spiro atoms. The van der Waals surface area contributed by atoms with Gasteiger partial charge in [0.15, 0.2) is 0 Å². The fourth-order valence-corrected chi connectivity index (χ4v) is 8.75. The van der Waals surface area contributed by atoms with Gasteiger partial charge in [-0.15, -0.1) is 0 Å². The van der Waals surface area contributed by atoms with Crippen LogP contribution in [0.3, 0.4) is 0 Å². The van der Waals surface area contributed by atoms with Gasteiger partial charge in [-0.25, -0.2) is 0 Å². The largest absolute Gasteiger partial charge is 0.466 e. The van der Waals surface area contributed by atoms with Crippen LogP contribution in [0.2, 0.25) is 0 Å². The monoisotopic (exact) mass is 876 g/mol. The lowest BCUT2D eigenvalue weighted by Gasteiger charge is -2.22. The molecule has 0 aliphatic rings. The predicted octanol–water partition coefficient (Wildman–Crippen LogP) is 16.9. The van der Waals surface area contributed by atoms with Crippen molar-refractivity contribution in [3.8, 4) is 0 Å². The van der Waals surface area contributed by atoms with Gasteiger partial charge in [0.1, 0.15) is 0 Å². The number of nitrogens with one attached hydrogen (secondary N) is 1. The minimum absolute atomic E-state index is 0.0324. The summed E-state index contributed by atoms with van der Waals surface area (Å²) in [7, 11) is 0. The van der Waals surface area contributed by atoms with Gasteiger partial charge in [0, 0.05) is 12.8 Å². The molecule has 0 saturated heterocycles. The lowest BCUT2D eigenvalue weighted by atomic mass is 10.0. The second-order valence-electron chi connectivity index (χ2n) is 19.3. The van der Waals surface area contributed by atoms with Crippen molar-refractivity contribution < 1.29 is 24.5 Å². The molecular formula is C56H109NO5. The Morgan fingerprint density at radius 3 is 1.15 bits per heavy atom. The lowest BCUT2D eigenvalue weighted by molar-refractivity contribution is -0.143. The van der Waals surface area contributed by atoms with E-state index in [0.717, 1.165) is 57.8 Å². The van der Waals surface area contributed by atoms with E-state index in [1.807, 2.05) is 0 Å². The number of aliphatic hydroxyl groups excluding tert-OH is 2. The fourth-order valence-electron chi connectivity index (χ4n) is 8.75. The molecule has 0 saturated carbocycles. The molecule has 0 fully saturated rings. The second kappa shape index (κ2) is 52.2. The second-order valence-corrected chi connectivity index (χ2v) is 19.3. The first kappa shape index (κ1) is 60.6. The first-order valence-electron chi connectivity index (χ1n) is 27.9. The maximum atomic E-state index is 12.5. The molecule has 0 bridgehead atoms. The topological polar surface area (TPSA) is 95.9 Å². The molecule has 3 N–H and O–H groups in total. The Morgan fingerprint density at radius 1 is 0.435 bits per heavy atom. The summed E-state index contributed by atoms with van der Waals surface area (Å²) in [6.07, 6.45) is 60.5. The normalized spacial score (nSPS) is 12.6. The Morgan fingerprint density at radius 2 is 0.758 bits per heavy atom. The third-order valence-corrected chi connectivity index (χ3v) is 13.1. The van der Waals surface area contributed by atoms with Gasteiger partial charge in [-0.1, -0.05) is 257 Å². The molecule has 368 valence electrons. The Hall–Kier alpha value is -1.40. The molecule has 6 nitrogen and oxygen atoms in total. The fraction of sp³-hybridized carbons (Fsp3) is 0.929. The number of unbranched alkanes of at least 4 members (excludes halogenated alkanes) is 39. The number of carbonyl (C=O) groups excluding carboxylic acids is 2. The smallest absolute Gasteiger partial charge is 0.305 e. The highest BCUT2D eigenvalue weighted by Crippen LogP contribution is 2.17. The van der Waals surface area contributed by atoms with Crippen molar-refractivity contribution in [1.29, 1.82) is 0 Å². The van der Waals surface area contributed by atoms with E-state index in [1.54, 1.807) is 0 Å². The standard InChI is InChI=1S/C56H109NO5/c1-3-5-7-9-11-13-15-17-19-20-21-22-23-24-25-26-27-29-32-36-40-44-48-54(59)53(52-58)57-55(60)49-45-41-37-33-31-35-39-43-47-51-62-56(61)50-46-42-38-34-30-28-18-16-14-12-10-8-6-4-2/h16,18,53-54,58-59H,3-15,17,19-52H2,1-2H3,(H,57,60)/b18-16-. The summed E-state index contributed by atoms with van der Waals surface area (Å²) in [5.74, 6) is -0.0922. The SMILES string of the molecule is CCCCCCC/C=C\CCCCCCCC(=O)OCCCCCCCCCCCC(=O)NC(CO)C(O)CCCCCCCCCCCCCCCCCCCCCCCC. The van der Waals surface area contributed by atoms with E-state index in [4.69, 9.17) is 4.74 Å². The number of amides is 1. The quantitative estimate of drug-likeness (QED) is 0.0321. The van der Waals surface area contributed by atoms with Crippen LogP contribution in [0.1, 0.15) is 309 Å². The van der Waals surface area contributed by atoms with E-state index < -0.39 is 12.1 Å². The van der Waals surface area contributed by atoms with Crippen LogP contribution < -0.4 is 5.32 Å². The van der Waals surface area contributed by atoms with Gasteiger partial charge < -0.3 is 20.3 Å². The van der Waals surface area contributed by atoms with E-state index in [9.17, 15) is 19.8 Å². The summed E-state index contributed by atoms with van der Waals surface area (Å²) in [5.41, 5.74) is 0. The summed E-state index contributed by atoms with van der Waals surface area (Å²) in [4.78, 5) is 24.5. The summed E-state index contributed by atoms with van der Waals surface area (Å²) in [5, 5.41) is 23.3. The Kier molecular flexibility index (Phi) is 51.0. The highest BCUT2D eigenvalue weighted by molar-refractivity contribution is 5.76. The third-order valence-electron chi connectivity index (χ3n) is 13.1. The molecule has 0 aromatic rings. The number of ether oxygens (including phenoxy) is 1. The third kappa shape index (κ3) is 48.1. The summed E-state index contributed by atoms with van der Waals surface area (Å²) < 4.78 is 5.45. The first-order chi connectivity index (χ1) is 30.5. The number of hydrogen-bond acceptors (Lipinski definition) is 5. The van der Waals surface area contributed by atoms with Crippen molar-refractivity contribution in [1.82, 2.24) is 5.32 Å². The molecule has 0 aliphatic heterocycles. The zero-order valence-corrected chi connectivity index (χ0v) is 41.9. The molecule has 0 radical (unpaired) electrons. The van der Waals surface area contributed by atoms with Gasteiger partial charge in [0.05, 0.1) is 25.4 Å². The van der Waals surface area contributed by atoms with Crippen molar-refractivity contribution in [2.24, 2.45) is 0 Å². The van der Waals surface area contributed by atoms with Gasteiger partial charge in [-0.05, 0) is 51.4 Å². The number of carbonyl (C=O) groups is 2. The molecule has 6 heteroatoms. The van der Waals surface area contributed by atoms with Crippen molar-refractivity contribution in [2.75, 3.05) is 13.2 Å². The van der Waals surface area contributed by atoms with Crippen LogP contribution in [0.5, 0.6) is 0 Å². The predicted molar refractivity (Wildman–Crippen MR) is 269 cm³/mol. The van der Waals surface area contributed by atoms with Crippen LogP contribution >= 0.6 is 0 Å². The number of rotatable bonds is 52. The minimum atomic E-state index is -0.682. The molecule has 0 aromatic carbocycles. The van der Waals surface area contributed by atoms with E-state index in [2.05, 4.69) is 31.3 Å². The molecule has 2 atom stereocenters. The lowest BCUT2D eigenvalue weighted by Crippen LogP contribution is -2.45. The van der Waals surface area contributed by atoms with E-state index in [1.165, 1.54) is 218 Å². The maximum absolute atomic E-state index is 12.5. The number of hydrogen-bond donors (Lipinski definition) is 3. The Bertz CT molecular complexity index is 924. The Labute approximate surface area is 387 Å².